The minimum atomic E-state index is -0.316. The number of nitro groups is 1. The van der Waals surface area contributed by atoms with Crippen LogP contribution in [0.3, 0.4) is 0 Å². The molecule has 0 aliphatic carbocycles. The molecule has 1 aromatic heterocycles. The second-order valence-electron chi connectivity index (χ2n) is 5.17. The molecule has 0 N–H and O–H groups in total. The van der Waals surface area contributed by atoms with Crippen LogP contribution in [0.25, 0.3) is 21.2 Å². The highest BCUT2D eigenvalue weighted by atomic mass is 32.1. The molecule has 4 heteroatoms. The predicted molar refractivity (Wildman–Crippen MR) is 88.1 cm³/mol. The molecule has 0 saturated carbocycles. The van der Waals surface area contributed by atoms with Crippen LogP contribution in [0.4, 0.5) is 5.69 Å². The molecule has 0 bridgehead atoms. The summed E-state index contributed by atoms with van der Waals surface area (Å²) in [7, 11) is 0. The third-order valence-electron chi connectivity index (χ3n) is 3.98. The van der Waals surface area contributed by atoms with Crippen LogP contribution in [0.5, 0.6) is 0 Å². The van der Waals surface area contributed by atoms with E-state index in [-0.39, 0.29) is 10.6 Å². The second kappa shape index (κ2) is 4.97. The number of aryl methyl sites for hydroxylation is 3. The second-order valence-corrected chi connectivity index (χ2v) is 6.40. The predicted octanol–water partition coefficient (Wildman–Crippen LogP) is 5.40. The molecule has 0 fully saturated rings. The van der Waals surface area contributed by atoms with E-state index in [2.05, 4.69) is 19.9 Å². The molecule has 106 valence electrons. The number of thiophene rings is 1. The molecule has 0 unspecified atom stereocenters. The minimum Gasteiger partial charge on any atom is -0.258 e. The molecule has 0 aliphatic rings. The smallest absolute Gasteiger partial charge is 0.258 e. The van der Waals surface area contributed by atoms with E-state index in [0.717, 1.165) is 11.1 Å². The zero-order chi connectivity index (χ0) is 15.1. The number of para-hydroxylation sites is 1. The molecular formula is C17H15NO2S. The van der Waals surface area contributed by atoms with Crippen molar-refractivity contribution in [1.82, 2.24) is 0 Å². The van der Waals surface area contributed by atoms with Gasteiger partial charge in [0.25, 0.3) is 5.69 Å². The number of nitro benzene ring substituents is 1. The summed E-state index contributed by atoms with van der Waals surface area (Å²) in [5.74, 6) is 0. The lowest BCUT2D eigenvalue weighted by atomic mass is 9.97. The SMILES string of the molecule is Cc1sc2c(C)c(-c3ccccc3[N+](=O)[O-])ccc2c1C. The first-order chi connectivity index (χ1) is 10.0. The maximum atomic E-state index is 11.2. The van der Waals surface area contributed by atoms with Crippen molar-refractivity contribution in [2.75, 3.05) is 0 Å². The van der Waals surface area contributed by atoms with Crippen LogP contribution in [0.2, 0.25) is 0 Å². The maximum absolute atomic E-state index is 11.2. The third kappa shape index (κ3) is 2.12. The van der Waals surface area contributed by atoms with Crippen LogP contribution >= 0.6 is 11.3 Å². The summed E-state index contributed by atoms with van der Waals surface area (Å²) in [6, 6.07) is 11.0. The van der Waals surface area contributed by atoms with Crippen LogP contribution < -0.4 is 0 Å². The summed E-state index contributed by atoms with van der Waals surface area (Å²) in [5.41, 5.74) is 4.20. The van der Waals surface area contributed by atoms with Gasteiger partial charge in [-0.1, -0.05) is 24.3 Å². The minimum absolute atomic E-state index is 0.157. The van der Waals surface area contributed by atoms with Gasteiger partial charge in [-0.2, -0.15) is 0 Å². The van der Waals surface area contributed by atoms with Gasteiger partial charge in [0, 0.05) is 15.6 Å². The van der Waals surface area contributed by atoms with E-state index >= 15 is 0 Å². The van der Waals surface area contributed by atoms with Gasteiger partial charge in [0.2, 0.25) is 0 Å². The first-order valence-corrected chi connectivity index (χ1v) is 7.55. The Bertz CT molecular complexity index is 865. The Labute approximate surface area is 127 Å². The summed E-state index contributed by atoms with van der Waals surface area (Å²) >= 11 is 1.76. The van der Waals surface area contributed by atoms with Crippen molar-refractivity contribution in [1.29, 1.82) is 0 Å². The average molecular weight is 297 g/mol. The Balaban J connectivity index is 2.32. The number of hydrogen-bond donors (Lipinski definition) is 0. The van der Waals surface area contributed by atoms with Crippen LogP contribution in [0.15, 0.2) is 36.4 Å². The fourth-order valence-electron chi connectivity index (χ4n) is 2.69. The third-order valence-corrected chi connectivity index (χ3v) is 5.33. The molecule has 0 atom stereocenters. The van der Waals surface area contributed by atoms with Gasteiger partial charge >= 0.3 is 0 Å². The molecular weight excluding hydrogens is 282 g/mol. The average Bonchev–Trinajstić information content (AvgIpc) is 2.76. The molecule has 0 spiro atoms. The maximum Gasteiger partial charge on any atom is 0.277 e. The van der Waals surface area contributed by atoms with Gasteiger partial charge in [0.15, 0.2) is 0 Å². The normalized spacial score (nSPS) is 11.0. The molecule has 3 rings (SSSR count). The lowest BCUT2D eigenvalue weighted by molar-refractivity contribution is -0.384. The number of nitrogens with zero attached hydrogens (tertiary/aromatic N) is 1. The first-order valence-electron chi connectivity index (χ1n) is 6.74. The quantitative estimate of drug-likeness (QED) is 0.469. The zero-order valence-corrected chi connectivity index (χ0v) is 13.0. The van der Waals surface area contributed by atoms with Crippen molar-refractivity contribution >= 4 is 27.1 Å². The van der Waals surface area contributed by atoms with Crippen molar-refractivity contribution < 1.29 is 4.92 Å². The van der Waals surface area contributed by atoms with E-state index in [4.69, 9.17) is 0 Å². The Morgan fingerprint density at radius 3 is 2.38 bits per heavy atom. The first kappa shape index (κ1) is 13.8. The summed E-state index contributed by atoms with van der Waals surface area (Å²) in [4.78, 5) is 12.2. The lowest BCUT2D eigenvalue weighted by Crippen LogP contribution is -1.93. The Kier molecular flexibility index (Phi) is 3.26. The fraction of sp³-hybridized carbons (Fsp3) is 0.176. The summed E-state index contributed by atoms with van der Waals surface area (Å²) in [6.07, 6.45) is 0. The summed E-state index contributed by atoms with van der Waals surface area (Å²) in [5, 5.41) is 12.5. The largest absolute Gasteiger partial charge is 0.277 e. The van der Waals surface area contributed by atoms with E-state index in [0.29, 0.717) is 5.56 Å². The van der Waals surface area contributed by atoms with E-state index in [1.165, 1.54) is 20.5 Å². The molecule has 0 aliphatic heterocycles. The van der Waals surface area contributed by atoms with Crippen LogP contribution in [-0.2, 0) is 0 Å². The van der Waals surface area contributed by atoms with E-state index in [9.17, 15) is 10.1 Å². The number of rotatable bonds is 2. The fourth-order valence-corrected chi connectivity index (χ4v) is 3.85. The highest BCUT2D eigenvalue weighted by Gasteiger charge is 2.18. The van der Waals surface area contributed by atoms with Gasteiger partial charge in [-0.25, -0.2) is 0 Å². The molecule has 3 aromatic rings. The lowest BCUT2D eigenvalue weighted by Gasteiger charge is -2.08. The van der Waals surface area contributed by atoms with Gasteiger partial charge in [-0.3, -0.25) is 10.1 Å². The topological polar surface area (TPSA) is 43.1 Å². The van der Waals surface area contributed by atoms with Crippen LogP contribution in [0.1, 0.15) is 16.0 Å². The summed E-state index contributed by atoms with van der Waals surface area (Å²) in [6.45, 7) is 6.28. The van der Waals surface area contributed by atoms with Crippen molar-refractivity contribution in [3.63, 3.8) is 0 Å². The molecule has 0 radical (unpaired) electrons. The molecule has 2 aromatic carbocycles. The summed E-state index contributed by atoms with van der Waals surface area (Å²) < 4.78 is 1.22. The van der Waals surface area contributed by atoms with Gasteiger partial charge in [-0.15, -0.1) is 11.3 Å². The van der Waals surface area contributed by atoms with Crippen molar-refractivity contribution in [2.45, 2.75) is 20.8 Å². The number of hydrogen-bond acceptors (Lipinski definition) is 3. The molecule has 3 nitrogen and oxygen atoms in total. The van der Waals surface area contributed by atoms with Gasteiger partial charge in [-0.05, 0) is 48.9 Å². The highest BCUT2D eigenvalue weighted by molar-refractivity contribution is 7.19. The number of fused-ring (bicyclic) bond motifs is 1. The zero-order valence-electron chi connectivity index (χ0n) is 12.1. The van der Waals surface area contributed by atoms with Gasteiger partial charge in [0.05, 0.1) is 10.5 Å². The van der Waals surface area contributed by atoms with E-state index < -0.39 is 0 Å². The monoisotopic (exact) mass is 297 g/mol. The Morgan fingerprint density at radius 2 is 1.67 bits per heavy atom. The Hall–Kier alpha value is -2.20. The van der Waals surface area contributed by atoms with Crippen molar-refractivity contribution in [2.24, 2.45) is 0 Å². The van der Waals surface area contributed by atoms with Crippen LogP contribution in [-0.4, -0.2) is 4.92 Å². The van der Waals surface area contributed by atoms with E-state index in [1.807, 2.05) is 25.1 Å². The molecule has 21 heavy (non-hydrogen) atoms. The van der Waals surface area contributed by atoms with Crippen LogP contribution in [0, 0.1) is 30.9 Å². The highest BCUT2D eigenvalue weighted by Crippen LogP contribution is 2.39. The van der Waals surface area contributed by atoms with Crippen molar-refractivity contribution in [3.05, 3.63) is 62.5 Å². The van der Waals surface area contributed by atoms with Crippen molar-refractivity contribution in [3.8, 4) is 11.1 Å². The number of benzene rings is 2. The van der Waals surface area contributed by atoms with E-state index in [1.54, 1.807) is 23.5 Å². The van der Waals surface area contributed by atoms with Gasteiger partial charge < -0.3 is 0 Å². The molecule has 0 saturated heterocycles. The Morgan fingerprint density at radius 1 is 0.952 bits per heavy atom. The molecule has 0 amide bonds. The van der Waals surface area contributed by atoms with Gasteiger partial charge in [0.1, 0.15) is 0 Å². The molecule has 1 heterocycles. The standard InChI is InChI=1S/C17H15NO2S/c1-10-12(3)21-17-11(2)13(8-9-14(10)17)15-6-4-5-7-16(15)18(19)20/h4-9H,1-3H3.